The molecule has 21 heavy (non-hydrogen) atoms. The number of piperidine rings is 1. The Bertz CT molecular complexity index is 546. The molecule has 1 aliphatic heterocycles. The number of carbonyl (C=O) groups excluding carboxylic acids is 2. The number of hydrogen-bond acceptors (Lipinski definition) is 4. The average molecular weight is 312 g/mol. The average Bonchev–Trinajstić information content (AvgIpc) is 2.47. The van der Waals surface area contributed by atoms with Crippen LogP contribution >= 0.6 is 11.6 Å². The number of nitrogens with zero attached hydrogens (tertiary/aromatic N) is 1. The molecule has 1 saturated heterocycles. The second kappa shape index (κ2) is 6.80. The van der Waals surface area contributed by atoms with E-state index in [1.54, 1.807) is 4.90 Å². The van der Waals surface area contributed by atoms with Gasteiger partial charge in [-0.3, -0.25) is 4.79 Å². The van der Waals surface area contributed by atoms with E-state index in [1.807, 2.05) is 6.92 Å². The molecular weight excluding hydrogens is 294 g/mol. The Morgan fingerprint density at radius 3 is 2.90 bits per heavy atom. The van der Waals surface area contributed by atoms with Crippen molar-refractivity contribution in [3.63, 3.8) is 0 Å². The molecule has 6 heteroatoms. The molecule has 0 aliphatic carbocycles. The second-order valence-corrected chi connectivity index (χ2v) is 5.61. The molecule has 0 unspecified atom stereocenters. The first-order valence-electron chi connectivity index (χ1n) is 6.94. The van der Waals surface area contributed by atoms with Gasteiger partial charge in [-0.15, -0.1) is 0 Å². The highest BCUT2D eigenvalue weighted by molar-refractivity contribution is 6.31. The van der Waals surface area contributed by atoms with Gasteiger partial charge in [-0.05, 0) is 44.4 Å². The van der Waals surface area contributed by atoms with Crippen LogP contribution in [0.3, 0.4) is 0 Å². The van der Waals surface area contributed by atoms with Crippen molar-refractivity contribution in [1.29, 1.82) is 0 Å². The number of rotatable bonds is 3. The molecule has 1 heterocycles. The smallest absolute Gasteiger partial charge is 0.342 e. The van der Waals surface area contributed by atoms with Crippen LogP contribution < -0.4 is 0 Å². The molecule has 1 atom stereocenters. The van der Waals surface area contributed by atoms with Crippen molar-refractivity contribution in [1.82, 2.24) is 4.90 Å². The van der Waals surface area contributed by atoms with Gasteiger partial charge in [-0.1, -0.05) is 11.6 Å². The fraction of sp³-hybridized carbons (Fsp3) is 0.467. The summed E-state index contributed by atoms with van der Waals surface area (Å²) >= 11 is 5.77. The van der Waals surface area contributed by atoms with E-state index < -0.39 is 5.97 Å². The number of phenols is 1. The summed E-state index contributed by atoms with van der Waals surface area (Å²) in [5.74, 6) is -1.19. The van der Waals surface area contributed by atoms with E-state index in [0.29, 0.717) is 11.6 Å². The van der Waals surface area contributed by atoms with E-state index >= 15 is 0 Å². The highest BCUT2D eigenvalue weighted by atomic mass is 35.5. The van der Waals surface area contributed by atoms with Gasteiger partial charge in [0, 0.05) is 17.6 Å². The van der Waals surface area contributed by atoms with Crippen molar-refractivity contribution in [3.8, 4) is 5.75 Å². The van der Waals surface area contributed by atoms with Gasteiger partial charge in [0.1, 0.15) is 11.3 Å². The summed E-state index contributed by atoms with van der Waals surface area (Å²) in [4.78, 5) is 25.7. The van der Waals surface area contributed by atoms with E-state index in [1.165, 1.54) is 18.2 Å². The standard InChI is InChI=1S/C15H18ClNO4/c1-10-4-2-3-7-17(10)14(19)9-21-15(20)12-8-11(16)5-6-13(12)18/h5-6,8,10,18H,2-4,7,9H2,1H3/t10-/m1/s1. The Balaban J connectivity index is 1.94. The lowest BCUT2D eigenvalue weighted by Gasteiger charge is -2.33. The maximum absolute atomic E-state index is 12.1. The number of benzene rings is 1. The Hall–Kier alpha value is -1.75. The van der Waals surface area contributed by atoms with Gasteiger partial charge in [0.15, 0.2) is 6.61 Å². The summed E-state index contributed by atoms with van der Waals surface area (Å²) in [5, 5.41) is 9.92. The van der Waals surface area contributed by atoms with Crippen LogP contribution in [0.2, 0.25) is 5.02 Å². The molecule has 1 N–H and O–H groups in total. The molecule has 5 nitrogen and oxygen atoms in total. The molecule has 1 amide bonds. The quantitative estimate of drug-likeness (QED) is 0.871. The maximum atomic E-state index is 12.1. The normalized spacial score (nSPS) is 18.4. The molecule has 2 rings (SSSR count). The molecule has 0 aromatic heterocycles. The summed E-state index contributed by atoms with van der Waals surface area (Å²) in [6.45, 7) is 2.36. The van der Waals surface area contributed by atoms with Crippen molar-refractivity contribution in [2.24, 2.45) is 0 Å². The molecule has 1 aromatic carbocycles. The molecule has 0 saturated carbocycles. The Kier molecular flexibility index (Phi) is 5.07. The molecule has 1 fully saturated rings. The van der Waals surface area contributed by atoms with Gasteiger partial charge in [0.05, 0.1) is 0 Å². The van der Waals surface area contributed by atoms with Crippen LogP contribution in [0.25, 0.3) is 0 Å². The summed E-state index contributed by atoms with van der Waals surface area (Å²) < 4.78 is 4.98. The zero-order valence-corrected chi connectivity index (χ0v) is 12.6. The SMILES string of the molecule is C[C@@H]1CCCCN1C(=O)COC(=O)c1cc(Cl)ccc1O. The fourth-order valence-electron chi connectivity index (χ4n) is 2.43. The topological polar surface area (TPSA) is 66.8 Å². The van der Waals surface area contributed by atoms with Crippen LogP contribution in [0.4, 0.5) is 0 Å². The van der Waals surface area contributed by atoms with Crippen LogP contribution in [0, 0.1) is 0 Å². The van der Waals surface area contributed by atoms with Crippen molar-refractivity contribution < 1.29 is 19.4 Å². The van der Waals surface area contributed by atoms with Gasteiger partial charge < -0.3 is 14.7 Å². The zero-order chi connectivity index (χ0) is 15.4. The molecule has 1 aromatic rings. The first kappa shape index (κ1) is 15.6. The van der Waals surface area contributed by atoms with Gasteiger partial charge in [-0.25, -0.2) is 4.79 Å². The van der Waals surface area contributed by atoms with Crippen LogP contribution in [0.5, 0.6) is 5.75 Å². The van der Waals surface area contributed by atoms with Crippen molar-refractivity contribution in [2.45, 2.75) is 32.2 Å². The lowest BCUT2D eigenvalue weighted by Crippen LogP contribution is -2.44. The van der Waals surface area contributed by atoms with E-state index in [2.05, 4.69) is 0 Å². The number of esters is 1. The minimum atomic E-state index is -0.756. The summed E-state index contributed by atoms with van der Waals surface area (Å²) in [7, 11) is 0. The molecule has 0 spiro atoms. The maximum Gasteiger partial charge on any atom is 0.342 e. The van der Waals surface area contributed by atoms with Crippen LogP contribution in [0.15, 0.2) is 18.2 Å². The number of amides is 1. The van der Waals surface area contributed by atoms with Gasteiger partial charge in [0.2, 0.25) is 0 Å². The van der Waals surface area contributed by atoms with Gasteiger partial charge >= 0.3 is 5.97 Å². The van der Waals surface area contributed by atoms with Gasteiger partial charge in [0.25, 0.3) is 5.91 Å². The summed E-state index contributed by atoms with van der Waals surface area (Å²) in [5.41, 5.74) is -0.0398. The Morgan fingerprint density at radius 2 is 2.19 bits per heavy atom. The minimum Gasteiger partial charge on any atom is -0.507 e. The highest BCUT2D eigenvalue weighted by Crippen LogP contribution is 2.22. The molecule has 114 valence electrons. The fourth-order valence-corrected chi connectivity index (χ4v) is 2.60. The first-order chi connectivity index (χ1) is 9.99. The number of halogens is 1. The van der Waals surface area contributed by atoms with Crippen LogP contribution in [-0.4, -0.2) is 41.1 Å². The molecule has 0 bridgehead atoms. The predicted octanol–water partition coefficient (Wildman–Crippen LogP) is 2.60. The van der Waals surface area contributed by atoms with E-state index in [0.717, 1.165) is 19.3 Å². The van der Waals surface area contributed by atoms with Gasteiger partial charge in [-0.2, -0.15) is 0 Å². The van der Waals surface area contributed by atoms with E-state index in [4.69, 9.17) is 16.3 Å². The second-order valence-electron chi connectivity index (χ2n) is 5.17. The summed E-state index contributed by atoms with van der Waals surface area (Å²) in [6.07, 6.45) is 3.05. The van der Waals surface area contributed by atoms with E-state index in [-0.39, 0.29) is 29.9 Å². The van der Waals surface area contributed by atoms with Crippen molar-refractivity contribution >= 4 is 23.5 Å². The molecule has 0 radical (unpaired) electrons. The van der Waals surface area contributed by atoms with Crippen molar-refractivity contribution in [3.05, 3.63) is 28.8 Å². The Labute approximate surface area is 128 Å². The number of phenolic OH excluding ortho intramolecular Hbond substituents is 1. The molecular formula is C15H18ClNO4. The minimum absolute atomic E-state index is 0.0398. The highest BCUT2D eigenvalue weighted by Gasteiger charge is 2.24. The molecule has 1 aliphatic rings. The number of ether oxygens (including phenoxy) is 1. The third-order valence-electron chi connectivity index (χ3n) is 3.63. The van der Waals surface area contributed by atoms with Crippen LogP contribution in [-0.2, 0) is 9.53 Å². The first-order valence-corrected chi connectivity index (χ1v) is 7.32. The zero-order valence-electron chi connectivity index (χ0n) is 11.8. The third kappa shape index (κ3) is 3.88. The largest absolute Gasteiger partial charge is 0.507 e. The number of hydrogen-bond donors (Lipinski definition) is 1. The number of likely N-dealkylation sites (tertiary alicyclic amines) is 1. The van der Waals surface area contributed by atoms with Crippen molar-refractivity contribution in [2.75, 3.05) is 13.2 Å². The van der Waals surface area contributed by atoms with E-state index in [9.17, 15) is 14.7 Å². The number of aromatic hydroxyl groups is 1. The lowest BCUT2D eigenvalue weighted by molar-refractivity contribution is -0.137. The Morgan fingerprint density at radius 1 is 1.43 bits per heavy atom. The number of carbonyl (C=O) groups is 2. The summed E-state index contributed by atoms with van der Waals surface area (Å²) in [6, 6.07) is 4.26. The van der Waals surface area contributed by atoms with Crippen LogP contribution in [0.1, 0.15) is 36.5 Å². The monoisotopic (exact) mass is 311 g/mol. The third-order valence-corrected chi connectivity index (χ3v) is 3.86. The predicted molar refractivity (Wildman–Crippen MR) is 78.4 cm³/mol. The lowest BCUT2D eigenvalue weighted by atomic mass is 10.0.